The number of likely N-dealkylation sites (tertiary alicyclic amines) is 1. The van der Waals surface area contributed by atoms with Gasteiger partial charge in [0.25, 0.3) is 5.91 Å². The summed E-state index contributed by atoms with van der Waals surface area (Å²) in [5.41, 5.74) is 3.83. The van der Waals surface area contributed by atoms with E-state index in [1.807, 2.05) is 30.9 Å². The number of aryl methyl sites for hydroxylation is 2. The summed E-state index contributed by atoms with van der Waals surface area (Å²) in [4.78, 5) is 39.5. The zero-order valence-electron chi connectivity index (χ0n) is 17.2. The third kappa shape index (κ3) is 5.31. The van der Waals surface area contributed by atoms with Crippen LogP contribution in [0.3, 0.4) is 0 Å². The van der Waals surface area contributed by atoms with Crippen LogP contribution in [0.2, 0.25) is 0 Å². The molecule has 152 valence electrons. The number of carbonyl (C=O) groups is 3. The molecule has 0 radical (unpaired) electrons. The lowest BCUT2D eigenvalue weighted by atomic mass is 10.0. The number of piperidine rings is 1. The van der Waals surface area contributed by atoms with Crippen LogP contribution in [0.4, 0.5) is 5.69 Å². The standard InChI is InChI=1S/C24H28N2O3/c1-17-10-11-19(16-18(17)2)22(27)12-13-23(28)25-21-9-5-4-8-20(21)24(29)26-14-6-3-7-15-26/h4-5,8-11,16H,3,6-7,12-15H2,1-2H3,(H,25,28). The highest BCUT2D eigenvalue weighted by atomic mass is 16.2. The molecule has 2 aromatic carbocycles. The number of ketones is 1. The molecule has 1 fully saturated rings. The third-order valence-corrected chi connectivity index (χ3v) is 5.48. The Morgan fingerprint density at radius 3 is 2.34 bits per heavy atom. The van der Waals surface area contributed by atoms with Crippen LogP contribution in [0, 0.1) is 13.8 Å². The lowest BCUT2D eigenvalue weighted by Crippen LogP contribution is -2.36. The molecular weight excluding hydrogens is 364 g/mol. The fraction of sp³-hybridized carbons (Fsp3) is 0.375. The van der Waals surface area contributed by atoms with Crippen molar-refractivity contribution in [1.29, 1.82) is 0 Å². The third-order valence-electron chi connectivity index (χ3n) is 5.48. The summed E-state index contributed by atoms with van der Waals surface area (Å²) in [7, 11) is 0. The van der Waals surface area contributed by atoms with Crippen molar-refractivity contribution in [2.75, 3.05) is 18.4 Å². The van der Waals surface area contributed by atoms with Crippen LogP contribution in [0.25, 0.3) is 0 Å². The van der Waals surface area contributed by atoms with Crippen LogP contribution >= 0.6 is 0 Å². The first-order chi connectivity index (χ1) is 14.0. The van der Waals surface area contributed by atoms with Crippen molar-refractivity contribution in [3.63, 3.8) is 0 Å². The molecule has 1 saturated heterocycles. The Hall–Kier alpha value is -2.95. The van der Waals surface area contributed by atoms with Gasteiger partial charge in [-0.3, -0.25) is 14.4 Å². The van der Waals surface area contributed by atoms with Crippen LogP contribution in [-0.4, -0.2) is 35.6 Å². The van der Waals surface area contributed by atoms with Gasteiger partial charge in [0, 0.05) is 31.5 Å². The summed E-state index contributed by atoms with van der Waals surface area (Å²) in [5, 5.41) is 2.82. The number of hydrogen-bond acceptors (Lipinski definition) is 3. The molecule has 2 amide bonds. The summed E-state index contributed by atoms with van der Waals surface area (Å²) >= 11 is 0. The molecular formula is C24H28N2O3. The van der Waals surface area contributed by atoms with Gasteiger partial charge in [-0.25, -0.2) is 0 Å². The molecule has 1 N–H and O–H groups in total. The van der Waals surface area contributed by atoms with Crippen molar-refractivity contribution in [2.24, 2.45) is 0 Å². The van der Waals surface area contributed by atoms with Gasteiger partial charge < -0.3 is 10.2 Å². The Morgan fingerprint density at radius 2 is 1.62 bits per heavy atom. The minimum atomic E-state index is -0.263. The Balaban J connectivity index is 1.61. The van der Waals surface area contributed by atoms with Crippen LogP contribution < -0.4 is 5.32 Å². The fourth-order valence-corrected chi connectivity index (χ4v) is 3.54. The molecule has 0 aliphatic carbocycles. The van der Waals surface area contributed by atoms with E-state index in [-0.39, 0.29) is 30.4 Å². The number of nitrogens with one attached hydrogen (secondary N) is 1. The number of rotatable bonds is 6. The molecule has 0 aromatic heterocycles. The number of nitrogens with zero attached hydrogens (tertiary/aromatic N) is 1. The second-order valence-electron chi connectivity index (χ2n) is 7.67. The van der Waals surface area contributed by atoms with Crippen molar-refractivity contribution in [3.8, 4) is 0 Å². The highest BCUT2D eigenvalue weighted by Crippen LogP contribution is 2.20. The lowest BCUT2D eigenvalue weighted by molar-refractivity contribution is -0.116. The maximum absolute atomic E-state index is 12.8. The van der Waals surface area contributed by atoms with E-state index in [0.29, 0.717) is 16.8 Å². The van der Waals surface area contributed by atoms with Gasteiger partial charge in [0.2, 0.25) is 5.91 Å². The molecule has 0 saturated carbocycles. The molecule has 5 nitrogen and oxygen atoms in total. The number of amides is 2. The average Bonchev–Trinajstić information content (AvgIpc) is 2.74. The molecule has 0 atom stereocenters. The first kappa shape index (κ1) is 20.8. The Bertz CT molecular complexity index is 914. The SMILES string of the molecule is Cc1ccc(C(=O)CCC(=O)Nc2ccccc2C(=O)N2CCCCC2)cc1C. The van der Waals surface area contributed by atoms with Gasteiger partial charge in [0.05, 0.1) is 11.3 Å². The zero-order chi connectivity index (χ0) is 20.8. The largest absolute Gasteiger partial charge is 0.339 e. The van der Waals surface area contributed by atoms with E-state index in [1.165, 1.54) is 0 Å². The molecule has 1 aliphatic heterocycles. The first-order valence-corrected chi connectivity index (χ1v) is 10.2. The first-order valence-electron chi connectivity index (χ1n) is 10.2. The Morgan fingerprint density at radius 1 is 0.897 bits per heavy atom. The number of Topliss-reactive ketones (excluding diaryl/α,β-unsaturated/α-hetero) is 1. The smallest absolute Gasteiger partial charge is 0.255 e. The summed E-state index contributed by atoms with van der Waals surface area (Å²) in [6, 6.07) is 12.7. The maximum Gasteiger partial charge on any atom is 0.255 e. The number of hydrogen-bond donors (Lipinski definition) is 1. The Labute approximate surface area is 172 Å². The van der Waals surface area contributed by atoms with E-state index in [4.69, 9.17) is 0 Å². The van der Waals surface area contributed by atoms with Crippen LogP contribution in [-0.2, 0) is 4.79 Å². The molecule has 1 heterocycles. The van der Waals surface area contributed by atoms with Crippen LogP contribution in [0.1, 0.15) is 63.9 Å². The molecule has 0 bridgehead atoms. The summed E-state index contributed by atoms with van der Waals surface area (Å²) in [6.07, 6.45) is 3.40. The lowest BCUT2D eigenvalue weighted by Gasteiger charge is -2.27. The van der Waals surface area contributed by atoms with Gasteiger partial charge in [-0.15, -0.1) is 0 Å². The average molecular weight is 392 g/mol. The van der Waals surface area contributed by atoms with Gasteiger partial charge in [-0.05, 0) is 62.4 Å². The van der Waals surface area contributed by atoms with Crippen molar-refractivity contribution in [3.05, 3.63) is 64.7 Å². The summed E-state index contributed by atoms with van der Waals surface area (Å²) in [6.45, 7) is 5.48. The highest BCUT2D eigenvalue weighted by Gasteiger charge is 2.21. The minimum absolute atomic E-state index is 0.0493. The quantitative estimate of drug-likeness (QED) is 0.735. The van der Waals surface area contributed by atoms with Crippen molar-refractivity contribution in [2.45, 2.75) is 46.0 Å². The Kier molecular flexibility index (Phi) is 6.81. The van der Waals surface area contributed by atoms with E-state index in [1.54, 1.807) is 30.3 Å². The van der Waals surface area contributed by atoms with E-state index in [2.05, 4.69) is 5.32 Å². The van der Waals surface area contributed by atoms with Gasteiger partial charge in [-0.1, -0.05) is 24.3 Å². The highest BCUT2D eigenvalue weighted by molar-refractivity contribution is 6.05. The van der Waals surface area contributed by atoms with Crippen LogP contribution in [0.15, 0.2) is 42.5 Å². The number of anilines is 1. The predicted molar refractivity (Wildman–Crippen MR) is 114 cm³/mol. The van der Waals surface area contributed by atoms with E-state index >= 15 is 0 Å². The maximum atomic E-state index is 12.8. The summed E-state index contributed by atoms with van der Waals surface area (Å²) in [5.74, 6) is -0.367. The monoisotopic (exact) mass is 392 g/mol. The van der Waals surface area contributed by atoms with Crippen molar-refractivity contribution in [1.82, 2.24) is 4.90 Å². The number of carbonyl (C=O) groups excluding carboxylic acids is 3. The molecule has 3 rings (SSSR count). The zero-order valence-corrected chi connectivity index (χ0v) is 17.2. The molecule has 0 spiro atoms. The fourth-order valence-electron chi connectivity index (χ4n) is 3.54. The number of para-hydroxylation sites is 1. The van der Waals surface area contributed by atoms with Crippen molar-refractivity contribution < 1.29 is 14.4 Å². The topological polar surface area (TPSA) is 66.5 Å². The predicted octanol–water partition coefficient (Wildman–Crippen LogP) is 4.53. The van der Waals surface area contributed by atoms with Crippen molar-refractivity contribution >= 4 is 23.3 Å². The molecule has 1 aliphatic rings. The minimum Gasteiger partial charge on any atom is -0.339 e. The molecule has 29 heavy (non-hydrogen) atoms. The second kappa shape index (κ2) is 9.50. The molecule has 5 heteroatoms. The van der Waals surface area contributed by atoms with Gasteiger partial charge in [0.15, 0.2) is 5.78 Å². The van der Waals surface area contributed by atoms with Crippen LogP contribution in [0.5, 0.6) is 0 Å². The van der Waals surface area contributed by atoms with Gasteiger partial charge >= 0.3 is 0 Å². The summed E-state index contributed by atoms with van der Waals surface area (Å²) < 4.78 is 0. The molecule has 2 aromatic rings. The second-order valence-corrected chi connectivity index (χ2v) is 7.67. The van der Waals surface area contributed by atoms with Gasteiger partial charge in [-0.2, -0.15) is 0 Å². The molecule has 0 unspecified atom stereocenters. The van der Waals surface area contributed by atoms with E-state index in [0.717, 1.165) is 43.5 Å². The number of benzene rings is 2. The van der Waals surface area contributed by atoms with E-state index < -0.39 is 0 Å². The van der Waals surface area contributed by atoms with Gasteiger partial charge in [0.1, 0.15) is 0 Å². The van der Waals surface area contributed by atoms with E-state index in [9.17, 15) is 14.4 Å². The normalized spacial score (nSPS) is 13.8.